The summed E-state index contributed by atoms with van der Waals surface area (Å²) < 4.78 is 0. The van der Waals surface area contributed by atoms with Gasteiger partial charge in [-0.15, -0.1) is 0 Å². The minimum Gasteiger partial charge on any atom is -0.352 e. The molecule has 0 radical (unpaired) electrons. The first-order valence-electron chi connectivity index (χ1n) is 6.53. The van der Waals surface area contributed by atoms with Crippen LogP contribution in [0.25, 0.3) is 0 Å². The van der Waals surface area contributed by atoms with Crippen molar-refractivity contribution >= 4 is 5.91 Å². The van der Waals surface area contributed by atoms with Crippen LogP contribution >= 0.6 is 0 Å². The summed E-state index contributed by atoms with van der Waals surface area (Å²) in [6.45, 7) is 5.60. The topological polar surface area (TPSA) is 44.4 Å². The normalized spacial score (nSPS) is 38.1. The number of rotatable bonds is 3. The van der Waals surface area contributed by atoms with Gasteiger partial charge >= 0.3 is 0 Å². The molecule has 4 nitrogen and oxygen atoms in total. The number of hydrogen-bond donors (Lipinski definition) is 2. The average Bonchev–Trinajstić information content (AvgIpc) is 2.25. The molecule has 2 bridgehead atoms. The van der Waals surface area contributed by atoms with Crippen molar-refractivity contribution in [3.8, 4) is 0 Å². The molecule has 1 atom stereocenters. The van der Waals surface area contributed by atoms with Crippen LogP contribution in [-0.4, -0.2) is 49.6 Å². The predicted octanol–water partition coefficient (Wildman–Crippen LogP) is -0.194. The largest absolute Gasteiger partial charge is 0.352 e. The molecule has 4 rings (SSSR count). The van der Waals surface area contributed by atoms with Gasteiger partial charge in [0, 0.05) is 19.0 Å². The third-order valence-electron chi connectivity index (χ3n) is 4.34. The maximum absolute atomic E-state index is 11.8. The van der Waals surface area contributed by atoms with Gasteiger partial charge in [-0.05, 0) is 50.9 Å². The molecule has 0 aromatic heterocycles. The van der Waals surface area contributed by atoms with E-state index in [4.69, 9.17) is 0 Å². The van der Waals surface area contributed by atoms with Gasteiger partial charge in [-0.2, -0.15) is 0 Å². The minimum absolute atomic E-state index is 0.269. The molecule has 2 N–H and O–H groups in total. The summed E-state index contributed by atoms with van der Waals surface area (Å²) in [5.41, 5.74) is 0. The minimum atomic E-state index is 0.269. The van der Waals surface area contributed by atoms with Crippen molar-refractivity contribution in [3.63, 3.8) is 0 Å². The van der Waals surface area contributed by atoms with Crippen LogP contribution in [0.2, 0.25) is 0 Å². The van der Waals surface area contributed by atoms with E-state index in [0.29, 0.717) is 12.0 Å². The number of carbonyl (C=O) groups is 1. The third kappa shape index (κ3) is 2.09. The third-order valence-corrected chi connectivity index (χ3v) is 4.34. The number of carbonyl (C=O) groups excluding carboxylic acids is 1. The Morgan fingerprint density at radius 1 is 1.31 bits per heavy atom. The van der Waals surface area contributed by atoms with E-state index in [0.717, 1.165) is 32.0 Å². The number of nitrogens with zero attached hydrogens (tertiary/aromatic N) is 1. The molecule has 0 spiro atoms. The van der Waals surface area contributed by atoms with Crippen LogP contribution in [0.5, 0.6) is 0 Å². The molecular formula is C12H21N3O. The first kappa shape index (κ1) is 10.5. The van der Waals surface area contributed by atoms with E-state index in [2.05, 4.69) is 15.5 Å². The SMILES string of the molecule is O=C(CC1CNC1)NC1CN2CCC1CC2. The lowest BCUT2D eigenvalue weighted by atomic mass is 9.84. The van der Waals surface area contributed by atoms with E-state index < -0.39 is 0 Å². The molecule has 4 fully saturated rings. The van der Waals surface area contributed by atoms with Crippen LogP contribution in [0.3, 0.4) is 0 Å². The summed E-state index contributed by atoms with van der Waals surface area (Å²) in [4.78, 5) is 14.3. The molecule has 1 unspecified atom stereocenters. The van der Waals surface area contributed by atoms with Gasteiger partial charge in [-0.3, -0.25) is 4.79 Å². The van der Waals surface area contributed by atoms with Crippen molar-refractivity contribution in [2.24, 2.45) is 11.8 Å². The smallest absolute Gasteiger partial charge is 0.220 e. The van der Waals surface area contributed by atoms with Crippen LogP contribution in [0.15, 0.2) is 0 Å². The van der Waals surface area contributed by atoms with Gasteiger partial charge in [0.25, 0.3) is 0 Å². The number of fused-ring (bicyclic) bond motifs is 3. The molecule has 0 aliphatic carbocycles. The molecule has 0 saturated carbocycles. The van der Waals surface area contributed by atoms with Crippen molar-refractivity contribution in [1.29, 1.82) is 0 Å². The second-order valence-electron chi connectivity index (χ2n) is 5.54. The molecule has 90 valence electrons. The number of amides is 1. The maximum Gasteiger partial charge on any atom is 0.220 e. The Hall–Kier alpha value is -0.610. The maximum atomic E-state index is 11.8. The zero-order valence-corrected chi connectivity index (χ0v) is 9.74. The highest BCUT2D eigenvalue weighted by Crippen LogP contribution is 2.27. The second kappa shape index (κ2) is 4.34. The van der Waals surface area contributed by atoms with E-state index in [-0.39, 0.29) is 5.91 Å². The fourth-order valence-corrected chi connectivity index (χ4v) is 3.15. The van der Waals surface area contributed by atoms with Crippen LogP contribution < -0.4 is 10.6 Å². The molecule has 4 heterocycles. The van der Waals surface area contributed by atoms with Gasteiger partial charge in [0.05, 0.1) is 0 Å². The van der Waals surface area contributed by atoms with Gasteiger partial charge in [-0.25, -0.2) is 0 Å². The molecule has 4 heteroatoms. The highest BCUT2D eigenvalue weighted by Gasteiger charge is 2.35. The standard InChI is InChI=1S/C12H21N3O/c16-12(5-9-6-13-7-9)14-11-8-15-3-1-10(11)2-4-15/h9-11,13H,1-8H2,(H,14,16). The first-order valence-corrected chi connectivity index (χ1v) is 6.53. The van der Waals surface area contributed by atoms with E-state index in [1.807, 2.05) is 0 Å². The Morgan fingerprint density at radius 3 is 2.56 bits per heavy atom. The lowest BCUT2D eigenvalue weighted by Gasteiger charge is -2.45. The number of nitrogens with one attached hydrogen (secondary N) is 2. The lowest BCUT2D eigenvalue weighted by Crippen LogP contribution is -2.57. The molecule has 0 aromatic rings. The predicted molar refractivity (Wildman–Crippen MR) is 62.1 cm³/mol. The van der Waals surface area contributed by atoms with Crippen molar-refractivity contribution < 1.29 is 4.79 Å². The van der Waals surface area contributed by atoms with Crippen LogP contribution in [0.4, 0.5) is 0 Å². The van der Waals surface area contributed by atoms with E-state index in [9.17, 15) is 4.79 Å². The first-order chi connectivity index (χ1) is 7.81. The second-order valence-corrected chi connectivity index (χ2v) is 5.54. The van der Waals surface area contributed by atoms with Crippen molar-refractivity contribution in [2.45, 2.75) is 25.3 Å². The Morgan fingerprint density at radius 2 is 2.06 bits per heavy atom. The molecular weight excluding hydrogens is 202 g/mol. The zero-order chi connectivity index (χ0) is 11.0. The Kier molecular flexibility index (Phi) is 2.86. The summed E-state index contributed by atoms with van der Waals surface area (Å²) in [5.74, 6) is 1.60. The molecule has 4 saturated heterocycles. The molecule has 1 amide bonds. The quantitative estimate of drug-likeness (QED) is 0.697. The van der Waals surface area contributed by atoms with Crippen molar-refractivity contribution in [3.05, 3.63) is 0 Å². The van der Waals surface area contributed by atoms with Crippen LogP contribution in [0, 0.1) is 11.8 Å². The summed E-state index contributed by atoms with van der Waals surface area (Å²) in [5, 5.41) is 6.45. The van der Waals surface area contributed by atoms with Crippen LogP contribution in [-0.2, 0) is 4.79 Å². The molecule has 4 aliphatic rings. The molecule has 0 aromatic carbocycles. The summed E-state index contributed by atoms with van der Waals surface area (Å²) in [7, 11) is 0. The van der Waals surface area contributed by atoms with E-state index in [1.165, 1.54) is 25.9 Å². The fraction of sp³-hybridized carbons (Fsp3) is 0.917. The molecule has 16 heavy (non-hydrogen) atoms. The van der Waals surface area contributed by atoms with Gasteiger partial charge in [0.15, 0.2) is 0 Å². The van der Waals surface area contributed by atoms with Gasteiger partial charge < -0.3 is 15.5 Å². The Bertz CT molecular complexity index is 269. The Balaban J connectivity index is 1.48. The average molecular weight is 223 g/mol. The lowest BCUT2D eigenvalue weighted by molar-refractivity contribution is -0.124. The van der Waals surface area contributed by atoms with Gasteiger partial charge in [0.2, 0.25) is 5.91 Å². The van der Waals surface area contributed by atoms with E-state index in [1.54, 1.807) is 0 Å². The highest BCUT2D eigenvalue weighted by molar-refractivity contribution is 5.76. The van der Waals surface area contributed by atoms with Crippen molar-refractivity contribution in [1.82, 2.24) is 15.5 Å². The summed E-state index contributed by atoms with van der Waals surface area (Å²) >= 11 is 0. The summed E-state index contributed by atoms with van der Waals surface area (Å²) in [6.07, 6.45) is 3.27. The molecule has 4 aliphatic heterocycles. The van der Waals surface area contributed by atoms with Gasteiger partial charge in [-0.1, -0.05) is 0 Å². The number of piperidine rings is 3. The Labute approximate surface area is 96.8 Å². The number of hydrogen-bond acceptors (Lipinski definition) is 3. The van der Waals surface area contributed by atoms with E-state index >= 15 is 0 Å². The van der Waals surface area contributed by atoms with Crippen molar-refractivity contribution in [2.75, 3.05) is 32.7 Å². The van der Waals surface area contributed by atoms with Crippen LogP contribution in [0.1, 0.15) is 19.3 Å². The zero-order valence-electron chi connectivity index (χ0n) is 9.74. The summed E-state index contributed by atoms with van der Waals surface area (Å²) in [6, 6.07) is 0.433. The van der Waals surface area contributed by atoms with Gasteiger partial charge in [0.1, 0.15) is 0 Å². The highest BCUT2D eigenvalue weighted by atomic mass is 16.1. The monoisotopic (exact) mass is 223 g/mol. The fourth-order valence-electron chi connectivity index (χ4n) is 3.15.